The molecule has 0 saturated heterocycles. The van der Waals surface area contributed by atoms with Crippen LogP contribution in [0.5, 0.6) is 0 Å². The van der Waals surface area contributed by atoms with Crippen molar-refractivity contribution in [1.82, 2.24) is 0 Å². The van der Waals surface area contributed by atoms with Crippen LogP contribution in [0.4, 0.5) is 0 Å². The third-order valence-corrected chi connectivity index (χ3v) is 42.4. The van der Waals surface area contributed by atoms with Gasteiger partial charge in [-0.15, -0.1) is 0 Å². The van der Waals surface area contributed by atoms with Crippen LogP contribution in [0.1, 0.15) is 237 Å². The quantitative estimate of drug-likeness (QED) is 0.0520. The lowest BCUT2D eigenvalue weighted by atomic mass is 9.92. The highest BCUT2D eigenvalue weighted by molar-refractivity contribution is 7.06. The lowest BCUT2D eigenvalue weighted by Gasteiger charge is -2.67. The Morgan fingerprint density at radius 1 is 0.369 bits per heavy atom. The van der Waals surface area contributed by atoms with Crippen molar-refractivity contribution in [3.05, 3.63) is 0 Å². The monoisotopic (exact) mass is 985 g/mol. The standard InChI is InChI=1S/C54H112O7Si4/c1-13-25-37-62(38-26-14-2,39-27-15-3)49(50(55)56)53(51(57)58,61-65(46-34-22-10,47-35-23-11)48-36-24-12)54(52(59)60,63(40-28-16-4,41-29-17-5)42-30-18-6)64(43-31-19-7,44-32-20-8)45-33-21-9/h49H,13-48H2,1-12H3,(H,55,56)(H,57,58)(H,59,60). The highest BCUT2D eigenvalue weighted by Gasteiger charge is 2.83. The van der Waals surface area contributed by atoms with Gasteiger partial charge < -0.3 is 19.7 Å². The minimum atomic E-state index is -3.42. The Balaban J connectivity index is 10.9. The fraction of sp³-hybridized carbons (Fsp3) is 0.944. The van der Waals surface area contributed by atoms with Crippen molar-refractivity contribution in [1.29, 1.82) is 0 Å². The number of unbranched alkanes of at least 4 members (excludes halogenated alkanes) is 12. The zero-order valence-corrected chi connectivity index (χ0v) is 49.5. The van der Waals surface area contributed by atoms with E-state index in [1.165, 1.54) is 0 Å². The van der Waals surface area contributed by atoms with Gasteiger partial charge in [0.15, 0.2) is 13.9 Å². The Labute approximate surface area is 408 Å². The van der Waals surface area contributed by atoms with Gasteiger partial charge in [-0.05, 0) is 18.1 Å². The summed E-state index contributed by atoms with van der Waals surface area (Å²) < 4.78 is 6.83. The first-order chi connectivity index (χ1) is 31.1. The van der Waals surface area contributed by atoms with Gasteiger partial charge in [0.05, 0.1) is 34.4 Å². The van der Waals surface area contributed by atoms with Crippen LogP contribution >= 0.6 is 0 Å². The number of carbonyl (C=O) groups is 3. The van der Waals surface area contributed by atoms with Gasteiger partial charge >= 0.3 is 17.9 Å². The van der Waals surface area contributed by atoms with E-state index >= 15 is 14.4 Å². The zero-order valence-electron chi connectivity index (χ0n) is 45.5. The van der Waals surface area contributed by atoms with Crippen LogP contribution in [0.2, 0.25) is 82.7 Å². The molecule has 0 aromatic carbocycles. The van der Waals surface area contributed by atoms with Crippen molar-refractivity contribution in [3.8, 4) is 0 Å². The molecule has 0 aromatic heterocycles. The van der Waals surface area contributed by atoms with Gasteiger partial charge in [0.2, 0.25) is 0 Å². The van der Waals surface area contributed by atoms with Gasteiger partial charge in [-0.1, -0.05) is 292 Å². The maximum atomic E-state index is 16.6. The van der Waals surface area contributed by atoms with Crippen molar-refractivity contribution in [3.63, 3.8) is 0 Å². The number of aliphatic carboxylic acids is 3. The molecular weight excluding hydrogens is 873 g/mol. The van der Waals surface area contributed by atoms with Gasteiger partial charge in [-0.25, -0.2) is 4.79 Å². The van der Waals surface area contributed by atoms with Gasteiger partial charge in [0.25, 0.3) is 0 Å². The molecule has 65 heavy (non-hydrogen) atoms. The highest BCUT2D eigenvalue weighted by atomic mass is 28.4. The molecular formula is C54H112O7Si4. The maximum Gasteiger partial charge on any atom is 0.336 e. The molecule has 0 aliphatic carbocycles. The summed E-state index contributed by atoms with van der Waals surface area (Å²) in [5, 5.41) is 39.8. The average molecular weight is 986 g/mol. The number of carboxylic acid groups (broad SMARTS) is 3. The minimum Gasteiger partial charge on any atom is -0.481 e. The molecule has 386 valence electrons. The first kappa shape index (κ1) is 64.2. The van der Waals surface area contributed by atoms with Crippen LogP contribution in [0.3, 0.4) is 0 Å². The Hall–Kier alpha value is -0.762. The molecule has 0 aromatic rings. The second kappa shape index (κ2) is 34.5. The van der Waals surface area contributed by atoms with Crippen molar-refractivity contribution < 1.29 is 34.1 Å². The highest BCUT2D eigenvalue weighted by Crippen LogP contribution is 2.71. The van der Waals surface area contributed by atoms with Crippen molar-refractivity contribution in [2.24, 2.45) is 0 Å². The third-order valence-electron chi connectivity index (χ3n) is 16.5. The summed E-state index contributed by atoms with van der Waals surface area (Å²) in [7, 11) is -13.3. The lowest BCUT2D eigenvalue weighted by molar-refractivity contribution is -0.172. The fourth-order valence-corrected chi connectivity index (χ4v) is 45.3. The average Bonchev–Trinajstić information content (AvgIpc) is 3.29. The SMILES string of the molecule is CCCC[Si](CCCC)(CCCC)OC(C(=O)O)(C(C(=O)O)[Si](CCCC)(CCCC)CCCC)C(C(=O)O)([Si](CCCC)(CCCC)CCCC)[Si](CCCC)(CCCC)CCCC. The molecule has 2 atom stereocenters. The molecule has 0 aliphatic rings. The number of carboxylic acids is 3. The predicted molar refractivity (Wildman–Crippen MR) is 293 cm³/mol. The second-order valence-corrected chi connectivity index (χ2v) is 40.3. The molecule has 2 unspecified atom stereocenters. The molecule has 0 spiro atoms. The summed E-state index contributed by atoms with van der Waals surface area (Å²) in [5.41, 5.74) is -3.67. The van der Waals surface area contributed by atoms with Gasteiger partial charge in [-0.3, -0.25) is 9.59 Å². The summed E-state index contributed by atoms with van der Waals surface area (Å²) in [4.78, 5) is 48.8. The summed E-state index contributed by atoms with van der Waals surface area (Å²) in [5.74, 6) is -3.14. The number of hydrogen-bond acceptors (Lipinski definition) is 4. The molecule has 0 bridgehead atoms. The van der Waals surface area contributed by atoms with E-state index in [9.17, 15) is 15.3 Å². The predicted octanol–water partition coefficient (Wildman–Crippen LogP) is 18.5. The van der Waals surface area contributed by atoms with Crippen LogP contribution in [0.25, 0.3) is 0 Å². The molecule has 0 radical (unpaired) electrons. The number of rotatable bonds is 46. The molecule has 0 saturated carbocycles. The van der Waals surface area contributed by atoms with Crippen LogP contribution < -0.4 is 0 Å². The van der Waals surface area contributed by atoms with E-state index in [0.29, 0.717) is 0 Å². The van der Waals surface area contributed by atoms with E-state index in [0.717, 1.165) is 227 Å². The van der Waals surface area contributed by atoms with Crippen molar-refractivity contribution >= 4 is 50.4 Å². The molecule has 11 heteroatoms. The van der Waals surface area contributed by atoms with E-state index in [1.54, 1.807) is 0 Å². The molecule has 0 amide bonds. The minimum absolute atomic E-state index is 0.725. The van der Waals surface area contributed by atoms with Crippen LogP contribution in [-0.4, -0.2) is 71.4 Å². The Morgan fingerprint density at radius 3 is 0.800 bits per heavy atom. The summed E-state index contributed by atoms with van der Waals surface area (Å²) >= 11 is 0. The number of hydrogen-bond donors (Lipinski definition) is 3. The second-order valence-electron chi connectivity index (χ2n) is 21.3. The Kier molecular flexibility index (Phi) is 34.1. The van der Waals surface area contributed by atoms with Crippen LogP contribution in [-0.2, 0) is 18.8 Å². The third kappa shape index (κ3) is 16.4. The van der Waals surface area contributed by atoms with Crippen molar-refractivity contribution in [2.45, 2.75) is 326 Å². The van der Waals surface area contributed by atoms with Gasteiger partial charge in [0.1, 0.15) is 0 Å². The molecule has 3 N–H and O–H groups in total. The molecule has 0 rings (SSSR count). The summed E-state index contributed by atoms with van der Waals surface area (Å²) in [6.45, 7) is 26.5. The first-order valence-corrected chi connectivity index (χ1v) is 39.0. The molecule has 0 fully saturated rings. The van der Waals surface area contributed by atoms with E-state index < -0.39 is 66.3 Å². The molecule has 7 nitrogen and oxygen atoms in total. The van der Waals surface area contributed by atoms with Gasteiger partial charge in [0, 0.05) is 0 Å². The largest absolute Gasteiger partial charge is 0.481 e. The van der Waals surface area contributed by atoms with E-state index in [2.05, 4.69) is 83.1 Å². The van der Waals surface area contributed by atoms with Crippen molar-refractivity contribution in [2.75, 3.05) is 0 Å². The smallest absolute Gasteiger partial charge is 0.336 e. The van der Waals surface area contributed by atoms with Crippen LogP contribution in [0, 0.1) is 0 Å². The molecule has 0 heterocycles. The topological polar surface area (TPSA) is 121 Å². The summed E-state index contributed by atoms with van der Waals surface area (Å²) in [6.07, 6.45) is 21.3. The lowest BCUT2D eigenvalue weighted by Crippen LogP contribution is -2.81. The Morgan fingerprint density at radius 2 is 0.600 bits per heavy atom. The van der Waals surface area contributed by atoms with E-state index in [-0.39, 0.29) is 0 Å². The first-order valence-electron chi connectivity index (χ1n) is 28.5. The zero-order chi connectivity index (χ0) is 49.5. The van der Waals surface area contributed by atoms with E-state index in [4.69, 9.17) is 4.43 Å². The Bertz CT molecular complexity index is 1140. The molecule has 0 aliphatic heterocycles. The van der Waals surface area contributed by atoms with Crippen LogP contribution in [0.15, 0.2) is 0 Å². The fourth-order valence-electron chi connectivity index (χ4n) is 13.2. The van der Waals surface area contributed by atoms with E-state index in [1.807, 2.05) is 0 Å². The maximum absolute atomic E-state index is 16.6. The normalized spacial score (nSPS) is 14.4. The summed E-state index contributed by atoms with van der Waals surface area (Å²) in [6, 6.07) is 9.00. The van der Waals surface area contributed by atoms with Gasteiger partial charge in [-0.2, -0.15) is 0 Å².